The molecule has 0 spiro atoms. The van der Waals surface area contributed by atoms with Crippen LogP contribution >= 0.6 is 0 Å². The van der Waals surface area contributed by atoms with E-state index in [1.807, 2.05) is 0 Å². The average Bonchev–Trinajstić information content (AvgIpc) is 2.70. The molecule has 0 aromatic carbocycles. The van der Waals surface area contributed by atoms with Crippen molar-refractivity contribution < 1.29 is 9.84 Å². The monoisotopic (exact) mass is 241 g/mol. The van der Waals surface area contributed by atoms with Crippen molar-refractivity contribution in [3.05, 3.63) is 0 Å². The number of rotatable bonds is 4. The molecule has 2 heterocycles. The fourth-order valence-electron chi connectivity index (χ4n) is 3.24. The number of aliphatic hydroxyl groups excluding tert-OH is 1. The summed E-state index contributed by atoms with van der Waals surface area (Å²) < 4.78 is 5.41. The Balaban J connectivity index is 1.88. The molecule has 3 heteroatoms. The Morgan fingerprint density at radius 1 is 1.35 bits per heavy atom. The van der Waals surface area contributed by atoms with Gasteiger partial charge in [0, 0.05) is 32.3 Å². The van der Waals surface area contributed by atoms with Crippen LogP contribution in [0.15, 0.2) is 0 Å². The van der Waals surface area contributed by atoms with Gasteiger partial charge >= 0.3 is 0 Å². The SMILES string of the molecule is CCC(C)C1C[C@H](O)CN1CC1CCOCC1. The van der Waals surface area contributed by atoms with E-state index in [1.54, 1.807) is 0 Å². The van der Waals surface area contributed by atoms with E-state index in [-0.39, 0.29) is 6.10 Å². The zero-order chi connectivity index (χ0) is 12.3. The molecule has 2 rings (SSSR count). The van der Waals surface area contributed by atoms with Gasteiger partial charge in [0.15, 0.2) is 0 Å². The smallest absolute Gasteiger partial charge is 0.0682 e. The van der Waals surface area contributed by atoms with Crippen molar-refractivity contribution in [3.8, 4) is 0 Å². The molecule has 2 unspecified atom stereocenters. The molecule has 3 atom stereocenters. The second-order valence-electron chi connectivity index (χ2n) is 5.85. The molecule has 2 aliphatic heterocycles. The quantitative estimate of drug-likeness (QED) is 0.816. The molecule has 3 nitrogen and oxygen atoms in total. The largest absolute Gasteiger partial charge is 0.392 e. The molecule has 0 aromatic heterocycles. The number of hydrogen-bond donors (Lipinski definition) is 1. The van der Waals surface area contributed by atoms with Gasteiger partial charge in [-0.25, -0.2) is 0 Å². The van der Waals surface area contributed by atoms with Gasteiger partial charge in [0.1, 0.15) is 0 Å². The van der Waals surface area contributed by atoms with Crippen molar-refractivity contribution in [3.63, 3.8) is 0 Å². The first kappa shape index (κ1) is 13.3. The van der Waals surface area contributed by atoms with E-state index in [0.717, 1.165) is 38.6 Å². The minimum atomic E-state index is -0.103. The van der Waals surface area contributed by atoms with Gasteiger partial charge in [0.05, 0.1) is 6.10 Å². The van der Waals surface area contributed by atoms with Gasteiger partial charge in [-0.2, -0.15) is 0 Å². The van der Waals surface area contributed by atoms with Crippen LogP contribution in [-0.4, -0.2) is 48.5 Å². The van der Waals surface area contributed by atoms with Crippen molar-refractivity contribution in [2.24, 2.45) is 11.8 Å². The first-order chi connectivity index (χ1) is 8.20. The van der Waals surface area contributed by atoms with Gasteiger partial charge in [-0.15, -0.1) is 0 Å². The Labute approximate surface area is 105 Å². The van der Waals surface area contributed by atoms with Crippen LogP contribution in [0.25, 0.3) is 0 Å². The highest BCUT2D eigenvalue weighted by molar-refractivity contribution is 4.89. The minimum absolute atomic E-state index is 0.103. The third kappa shape index (κ3) is 3.43. The van der Waals surface area contributed by atoms with Gasteiger partial charge in [-0.05, 0) is 31.1 Å². The van der Waals surface area contributed by atoms with Gasteiger partial charge in [-0.1, -0.05) is 20.3 Å². The predicted octanol–water partition coefficient (Wildman–Crippen LogP) is 1.89. The fraction of sp³-hybridized carbons (Fsp3) is 1.00. The molecular weight excluding hydrogens is 214 g/mol. The summed E-state index contributed by atoms with van der Waals surface area (Å²) in [4.78, 5) is 2.54. The normalized spacial score (nSPS) is 34.1. The number of likely N-dealkylation sites (tertiary alicyclic amines) is 1. The lowest BCUT2D eigenvalue weighted by Crippen LogP contribution is -2.39. The average molecular weight is 241 g/mol. The predicted molar refractivity (Wildman–Crippen MR) is 69.0 cm³/mol. The molecule has 0 aliphatic carbocycles. The second-order valence-corrected chi connectivity index (χ2v) is 5.85. The van der Waals surface area contributed by atoms with Gasteiger partial charge in [0.2, 0.25) is 0 Å². The summed E-state index contributed by atoms with van der Waals surface area (Å²) in [6.45, 7) is 8.47. The maximum atomic E-state index is 9.88. The topological polar surface area (TPSA) is 32.7 Å². The van der Waals surface area contributed by atoms with Crippen LogP contribution in [0.5, 0.6) is 0 Å². The Bertz CT molecular complexity index is 228. The Morgan fingerprint density at radius 3 is 2.71 bits per heavy atom. The molecule has 2 fully saturated rings. The molecular formula is C14H27NO2. The summed E-state index contributed by atoms with van der Waals surface area (Å²) >= 11 is 0. The third-order valence-corrected chi connectivity index (χ3v) is 4.56. The summed E-state index contributed by atoms with van der Waals surface area (Å²) in [5, 5.41) is 9.88. The molecule has 17 heavy (non-hydrogen) atoms. The van der Waals surface area contributed by atoms with E-state index >= 15 is 0 Å². The number of nitrogens with zero attached hydrogens (tertiary/aromatic N) is 1. The molecule has 2 saturated heterocycles. The lowest BCUT2D eigenvalue weighted by molar-refractivity contribution is 0.0456. The highest BCUT2D eigenvalue weighted by atomic mass is 16.5. The van der Waals surface area contributed by atoms with Crippen LogP contribution in [0, 0.1) is 11.8 Å². The molecule has 0 saturated carbocycles. The lowest BCUT2D eigenvalue weighted by Gasteiger charge is -2.33. The molecule has 0 bridgehead atoms. The van der Waals surface area contributed by atoms with Crippen molar-refractivity contribution in [2.45, 2.75) is 51.7 Å². The van der Waals surface area contributed by atoms with E-state index in [4.69, 9.17) is 4.74 Å². The summed E-state index contributed by atoms with van der Waals surface area (Å²) in [7, 11) is 0. The van der Waals surface area contributed by atoms with E-state index in [9.17, 15) is 5.11 Å². The van der Waals surface area contributed by atoms with Gasteiger partial charge < -0.3 is 9.84 Å². The lowest BCUT2D eigenvalue weighted by atomic mass is 9.94. The fourth-order valence-corrected chi connectivity index (χ4v) is 3.24. The molecule has 100 valence electrons. The maximum absolute atomic E-state index is 9.88. The van der Waals surface area contributed by atoms with Crippen LogP contribution < -0.4 is 0 Å². The Hall–Kier alpha value is -0.120. The third-order valence-electron chi connectivity index (χ3n) is 4.56. The zero-order valence-corrected chi connectivity index (χ0v) is 11.3. The van der Waals surface area contributed by atoms with E-state index in [0.29, 0.717) is 12.0 Å². The van der Waals surface area contributed by atoms with Crippen molar-refractivity contribution in [2.75, 3.05) is 26.3 Å². The van der Waals surface area contributed by atoms with Crippen LogP contribution in [0.1, 0.15) is 39.5 Å². The highest BCUT2D eigenvalue weighted by Gasteiger charge is 2.34. The van der Waals surface area contributed by atoms with Crippen molar-refractivity contribution in [1.29, 1.82) is 0 Å². The summed E-state index contributed by atoms with van der Waals surface area (Å²) in [6.07, 6.45) is 4.47. The number of ether oxygens (including phenoxy) is 1. The molecule has 0 radical (unpaired) electrons. The van der Waals surface area contributed by atoms with E-state index < -0.39 is 0 Å². The number of β-amino-alcohol motifs (C(OH)–C–C–N with tert-alkyl or cyclic N) is 1. The summed E-state index contributed by atoms with van der Waals surface area (Å²) in [5.74, 6) is 1.48. The van der Waals surface area contributed by atoms with E-state index in [1.165, 1.54) is 19.3 Å². The molecule has 0 aromatic rings. The van der Waals surface area contributed by atoms with Crippen molar-refractivity contribution in [1.82, 2.24) is 4.90 Å². The summed E-state index contributed by atoms with van der Waals surface area (Å²) in [5.41, 5.74) is 0. The maximum Gasteiger partial charge on any atom is 0.0682 e. The number of hydrogen-bond acceptors (Lipinski definition) is 3. The van der Waals surface area contributed by atoms with Gasteiger partial charge in [-0.3, -0.25) is 4.90 Å². The standard InChI is InChI=1S/C14H27NO2/c1-3-11(2)14-8-13(16)10-15(14)9-12-4-6-17-7-5-12/h11-14,16H,3-10H2,1-2H3/t11?,13-,14?/m0/s1. The Kier molecular flexibility index (Phi) is 4.83. The van der Waals surface area contributed by atoms with E-state index in [2.05, 4.69) is 18.7 Å². The van der Waals surface area contributed by atoms with Crippen LogP contribution in [-0.2, 0) is 4.74 Å². The minimum Gasteiger partial charge on any atom is -0.392 e. The van der Waals surface area contributed by atoms with Crippen LogP contribution in [0.3, 0.4) is 0 Å². The first-order valence-corrected chi connectivity index (χ1v) is 7.20. The van der Waals surface area contributed by atoms with Crippen LogP contribution in [0.4, 0.5) is 0 Å². The Morgan fingerprint density at radius 2 is 2.06 bits per heavy atom. The summed E-state index contributed by atoms with van der Waals surface area (Å²) in [6, 6.07) is 0.595. The number of aliphatic hydroxyl groups is 1. The zero-order valence-electron chi connectivity index (χ0n) is 11.3. The molecule has 0 amide bonds. The second kappa shape index (κ2) is 6.17. The molecule has 2 aliphatic rings. The van der Waals surface area contributed by atoms with Crippen molar-refractivity contribution >= 4 is 0 Å². The van der Waals surface area contributed by atoms with Crippen LogP contribution in [0.2, 0.25) is 0 Å². The van der Waals surface area contributed by atoms with Gasteiger partial charge in [0.25, 0.3) is 0 Å². The highest BCUT2D eigenvalue weighted by Crippen LogP contribution is 2.28. The molecule has 1 N–H and O–H groups in total. The first-order valence-electron chi connectivity index (χ1n) is 7.20.